The summed E-state index contributed by atoms with van der Waals surface area (Å²) in [6, 6.07) is 7.46. The van der Waals surface area contributed by atoms with Crippen molar-refractivity contribution in [3.63, 3.8) is 0 Å². The lowest BCUT2D eigenvalue weighted by Gasteiger charge is -2.12. The van der Waals surface area contributed by atoms with E-state index in [-0.39, 0.29) is 18.4 Å². The van der Waals surface area contributed by atoms with Crippen LogP contribution >= 0.6 is 0 Å². The Morgan fingerprint density at radius 1 is 1.32 bits per heavy atom. The Bertz CT molecular complexity index is 463. The maximum absolute atomic E-state index is 11.6. The Morgan fingerprint density at radius 2 is 1.95 bits per heavy atom. The summed E-state index contributed by atoms with van der Waals surface area (Å²) in [5.41, 5.74) is 2.10. The number of aryl methyl sites for hydroxylation is 1. The molecule has 1 aromatic carbocycles. The molecule has 0 aliphatic rings. The Balaban J connectivity index is 2.54. The first-order valence-electron chi connectivity index (χ1n) is 6.28. The highest BCUT2D eigenvalue weighted by Crippen LogP contribution is 2.05. The highest BCUT2D eigenvalue weighted by atomic mass is 16.4. The predicted octanol–water partition coefficient (Wildman–Crippen LogP) is 2.38. The van der Waals surface area contributed by atoms with Crippen molar-refractivity contribution < 1.29 is 14.7 Å². The molecule has 0 saturated carbocycles. The maximum atomic E-state index is 11.6. The lowest BCUT2D eigenvalue weighted by Crippen LogP contribution is -2.34. The van der Waals surface area contributed by atoms with E-state index < -0.39 is 5.97 Å². The second-order valence-corrected chi connectivity index (χ2v) is 4.46. The fourth-order valence-electron chi connectivity index (χ4n) is 1.61. The van der Waals surface area contributed by atoms with Gasteiger partial charge in [-0.15, -0.1) is 0 Å². The van der Waals surface area contributed by atoms with Gasteiger partial charge in [-0.25, -0.2) is 0 Å². The third kappa shape index (κ3) is 5.86. The molecule has 0 radical (unpaired) electrons. The molecule has 0 aliphatic heterocycles. The fourth-order valence-corrected chi connectivity index (χ4v) is 1.61. The molecule has 0 spiro atoms. The molecule has 0 bridgehead atoms. The number of aliphatic carboxylic acids is 1. The fraction of sp³-hybridized carbons (Fsp3) is 0.333. The summed E-state index contributed by atoms with van der Waals surface area (Å²) in [4.78, 5) is 22.2. The van der Waals surface area contributed by atoms with Crippen molar-refractivity contribution in [2.24, 2.45) is 0 Å². The predicted molar refractivity (Wildman–Crippen MR) is 74.7 cm³/mol. The Morgan fingerprint density at radius 3 is 2.47 bits per heavy atom. The van der Waals surface area contributed by atoms with Crippen LogP contribution in [0.1, 0.15) is 30.9 Å². The van der Waals surface area contributed by atoms with E-state index in [0.717, 1.165) is 11.1 Å². The molecule has 4 nitrogen and oxygen atoms in total. The van der Waals surface area contributed by atoms with E-state index >= 15 is 0 Å². The molecule has 4 heteroatoms. The number of carbonyl (C=O) groups is 2. The minimum atomic E-state index is -0.908. The number of hydrogen-bond acceptors (Lipinski definition) is 2. The zero-order valence-corrected chi connectivity index (χ0v) is 11.2. The molecule has 1 unspecified atom stereocenters. The van der Waals surface area contributed by atoms with Gasteiger partial charge >= 0.3 is 5.97 Å². The van der Waals surface area contributed by atoms with Crippen LogP contribution in [-0.2, 0) is 9.59 Å². The van der Waals surface area contributed by atoms with Crippen molar-refractivity contribution >= 4 is 18.0 Å². The summed E-state index contributed by atoms with van der Waals surface area (Å²) >= 11 is 0. The highest BCUT2D eigenvalue weighted by Gasteiger charge is 2.12. The van der Waals surface area contributed by atoms with Gasteiger partial charge in [0.2, 0.25) is 5.91 Å². The van der Waals surface area contributed by atoms with Crippen LogP contribution in [0.4, 0.5) is 0 Å². The van der Waals surface area contributed by atoms with Gasteiger partial charge in [-0.1, -0.05) is 36.8 Å². The first kappa shape index (κ1) is 15.0. The molecule has 0 aliphatic carbocycles. The summed E-state index contributed by atoms with van der Waals surface area (Å²) in [6.45, 7) is 3.84. The molecule has 0 fully saturated rings. The number of hydrogen-bond donors (Lipinski definition) is 2. The molecule has 1 aromatic rings. The van der Waals surface area contributed by atoms with Gasteiger partial charge in [0, 0.05) is 12.1 Å². The van der Waals surface area contributed by atoms with Gasteiger partial charge in [-0.2, -0.15) is 0 Å². The van der Waals surface area contributed by atoms with Crippen molar-refractivity contribution in [2.75, 3.05) is 0 Å². The molecule has 102 valence electrons. The first-order valence-corrected chi connectivity index (χ1v) is 6.28. The number of carboxylic acid groups (broad SMARTS) is 1. The zero-order chi connectivity index (χ0) is 14.3. The van der Waals surface area contributed by atoms with E-state index in [1.165, 1.54) is 6.08 Å². The molecule has 1 atom stereocenters. The minimum Gasteiger partial charge on any atom is -0.481 e. The lowest BCUT2D eigenvalue weighted by molar-refractivity contribution is -0.137. The van der Waals surface area contributed by atoms with Gasteiger partial charge in [0.05, 0.1) is 6.42 Å². The topological polar surface area (TPSA) is 66.4 Å². The Kier molecular flexibility index (Phi) is 5.79. The Labute approximate surface area is 113 Å². The molecule has 0 saturated heterocycles. The van der Waals surface area contributed by atoms with Crippen molar-refractivity contribution in [1.29, 1.82) is 0 Å². The van der Waals surface area contributed by atoms with E-state index in [4.69, 9.17) is 5.11 Å². The van der Waals surface area contributed by atoms with Crippen LogP contribution in [0, 0.1) is 6.92 Å². The van der Waals surface area contributed by atoms with Gasteiger partial charge in [0.15, 0.2) is 0 Å². The molecule has 1 rings (SSSR count). The number of carboxylic acids is 1. The summed E-state index contributed by atoms with van der Waals surface area (Å²) in [6.07, 6.45) is 3.68. The van der Waals surface area contributed by atoms with E-state index in [2.05, 4.69) is 5.32 Å². The molecular weight excluding hydrogens is 242 g/mol. The molecular formula is C15H19NO3. The van der Waals surface area contributed by atoms with E-state index in [1.807, 2.05) is 38.1 Å². The average molecular weight is 261 g/mol. The number of rotatable bonds is 6. The number of benzene rings is 1. The smallest absolute Gasteiger partial charge is 0.305 e. The largest absolute Gasteiger partial charge is 0.481 e. The van der Waals surface area contributed by atoms with Crippen LogP contribution in [-0.4, -0.2) is 23.0 Å². The van der Waals surface area contributed by atoms with Gasteiger partial charge in [0.1, 0.15) is 0 Å². The average Bonchev–Trinajstić information content (AvgIpc) is 2.36. The highest BCUT2D eigenvalue weighted by molar-refractivity contribution is 5.92. The van der Waals surface area contributed by atoms with Gasteiger partial charge in [-0.05, 0) is 25.0 Å². The van der Waals surface area contributed by atoms with Crippen LogP contribution in [0.15, 0.2) is 30.3 Å². The molecule has 0 aromatic heterocycles. The quantitative estimate of drug-likeness (QED) is 0.773. The third-order valence-corrected chi connectivity index (χ3v) is 2.76. The second-order valence-electron chi connectivity index (χ2n) is 4.46. The van der Waals surface area contributed by atoms with Gasteiger partial charge < -0.3 is 10.4 Å². The van der Waals surface area contributed by atoms with Crippen molar-refractivity contribution in [1.82, 2.24) is 5.32 Å². The van der Waals surface area contributed by atoms with Crippen molar-refractivity contribution in [2.45, 2.75) is 32.7 Å². The van der Waals surface area contributed by atoms with Crippen molar-refractivity contribution in [3.8, 4) is 0 Å². The minimum absolute atomic E-state index is 0.0549. The van der Waals surface area contributed by atoms with E-state index in [0.29, 0.717) is 6.42 Å². The van der Waals surface area contributed by atoms with Crippen LogP contribution in [0.3, 0.4) is 0 Å². The standard InChI is InChI=1S/C15H19NO3/c1-3-13(10-15(18)19)16-14(17)9-8-12-6-4-11(2)5-7-12/h4-9,13H,3,10H2,1-2H3,(H,16,17)(H,18,19)/b9-8+. The summed E-state index contributed by atoms with van der Waals surface area (Å²) in [7, 11) is 0. The lowest BCUT2D eigenvalue weighted by atomic mass is 10.1. The summed E-state index contributed by atoms with van der Waals surface area (Å²) in [5.74, 6) is -1.18. The molecule has 0 heterocycles. The third-order valence-electron chi connectivity index (χ3n) is 2.76. The van der Waals surface area contributed by atoms with Crippen LogP contribution in [0.2, 0.25) is 0 Å². The number of carbonyl (C=O) groups excluding carboxylic acids is 1. The Hall–Kier alpha value is -2.10. The van der Waals surface area contributed by atoms with Crippen LogP contribution in [0.25, 0.3) is 6.08 Å². The first-order chi connectivity index (χ1) is 9.01. The van der Waals surface area contributed by atoms with Crippen molar-refractivity contribution in [3.05, 3.63) is 41.5 Å². The summed E-state index contributed by atoms with van der Waals surface area (Å²) in [5, 5.41) is 11.4. The maximum Gasteiger partial charge on any atom is 0.305 e. The molecule has 1 amide bonds. The monoisotopic (exact) mass is 261 g/mol. The van der Waals surface area contributed by atoms with Crippen LogP contribution < -0.4 is 5.32 Å². The van der Waals surface area contributed by atoms with Gasteiger partial charge in [0.25, 0.3) is 0 Å². The SMILES string of the molecule is CCC(CC(=O)O)NC(=O)/C=C/c1ccc(C)cc1. The molecule has 19 heavy (non-hydrogen) atoms. The normalized spacial score (nSPS) is 12.3. The zero-order valence-electron chi connectivity index (χ0n) is 11.2. The number of amides is 1. The second kappa shape index (κ2) is 7.36. The van der Waals surface area contributed by atoms with Gasteiger partial charge in [-0.3, -0.25) is 9.59 Å². The van der Waals surface area contributed by atoms with E-state index in [9.17, 15) is 9.59 Å². The van der Waals surface area contributed by atoms with Crippen LogP contribution in [0.5, 0.6) is 0 Å². The summed E-state index contributed by atoms with van der Waals surface area (Å²) < 4.78 is 0. The molecule has 2 N–H and O–H groups in total. The van der Waals surface area contributed by atoms with E-state index in [1.54, 1.807) is 6.08 Å². The number of nitrogens with one attached hydrogen (secondary N) is 1.